The molecule has 144 valence electrons. The predicted molar refractivity (Wildman–Crippen MR) is 109 cm³/mol. The van der Waals surface area contributed by atoms with E-state index in [2.05, 4.69) is 26.5 Å². The van der Waals surface area contributed by atoms with E-state index in [4.69, 9.17) is 0 Å². The van der Waals surface area contributed by atoms with Crippen molar-refractivity contribution in [2.45, 2.75) is 18.8 Å². The lowest BCUT2D eigenvalue weighted by molar-refractivity contribution is 0.445. The predicted octanol–water partition coefficient (Wildman–Crippen LogP) is 3.66. The molecule has 0 unspecified atom stereocenters. The van der Waals surface area contributed by atoms with Crippen molar-refractivity contribution in [3.05, 3.63) is 53.9 Å². The van der Waals surface area contributed by atoms with Crippen LogP contribution in [-0.4, -0.2) is 32.8 Å². The zero-order valence-corrected chi connectivity index (χ0v) is 16.0. The molecule has 4 aromatic rings. The molecule has 1 aliphatic heterocycles. The Kier molecular flexibility index (Phi) is 4.22. The Hall–Kier alpha value is -3.37. The van der Waals surface area contributed by atoms with Crippen molar-refractivity contribution in [2.75, 3.05) is 13.1 Å². The van der Waals surface area contributed by atoms with Crippen molar-refractivity contribution in [3.8, 4) is 17.2 Å². The standard InChI is InChI=1S/C22H19FN6/c1-29-12-18-8-14(6-16(10-24)20(18)28-29)15-7-17-11-26-22(13-2-4-25-5-3-13)27-21(17)19(23)9-15/h6-9,11-13,25H,2-5H2,1H3. The van der Waals surface area contributed by atoms with Crippen LogP contribution >= 0.6 is 0 Å². The summed E-state index contributed by atoms with van der Waals surface area (Å²) in [6.45, 7) is 1.87. The van der Waals surface area contributed by atoms with E-state index in [1.165, 1.54) is 6.07 Å². The average molecular weight is 386 g/mol. The lowest BCUT2D eigenvalue weighted by atomic mass is 9.96. The number of nitriles is 1. The Morgan fingerprint density at radius 2 is 1.86 bits per heavy atom. The third-order valence-corrected chi connectivity index (χ3v) is 5.54. The van der Waals surface area contributed by atoms with Gasteiger partial charge in [0.2, 0.25) is 0 Å². The normalized spacial score (nSPS) is 15.1. The van der Waals surface area contributed by atoms with Gasteiger partial charge in [-0.25, -0.2) is 14.4 Å². The van der Waals surface area contributed by atoms with Crippen molar-refractivity contribution in [2.24, 2.45) is 7.05 Å². The number of fused-ring (bicyclic) bond motifs is 2. The number of aromatic nitrogens is 4. The highest BCUT2D eigenvalue weighted by Crippen LogP contribution is 2.31. The molecule has 5 rings (SSSR count). The topological polar surface area (TPSA) is 79.4 Å². The van der Waals surface area contributed by atoms with Crippen LogP contribution in [0.1, 0.15) is 30.1 Å². The van der Waals surface area contributed by atoms with Crippen molar-refractivity contribution in [3.63, 3.8) is 0 Å². The Labute approximate surface area is 167 Å². The molecular formula is C22H19FN6. The first-order chi connectivity index (χ1) is 14.1. The van der Waals surface area contributed by atoms with E-state index in [1.807, 2.05) is 25.4 Å². The summed E-state index contributed by atoms with van der Waals surface area (Å²) in [5.74, 6) is 0.611. The van der Waals surface area contributed by atoms with Gasteiger partial charge in [-0.2, -0.15) is 10.4 Å². The highest BCUT2D eigenvalue weighted by molar-refractivity contribution is 5.91. The van der Waals surface area contributed by atoms with E-state index in [1.54, 1.807) is 16.9 Å². The van der Waals surface area contributed by atoms with Crippen LogP contribution in [0.25, 0.3) is 32.9 Å². The molecule has 1 aliphatic rings. The minimum Gasteiger partial charge on any atom is -0.317 e. The van der Waals surface area contributed by atoms with Gasteiger partial charge in [0.05, 0.1) is 5.56 Å². The van der Waals surface area contributed by atoms with Crippen LogP contribution in [0.15, 0.2) is 36.7 Å². The summed E-state index contributed by atoms with van der Waals surface area (Å²) >= 11 is 0. The summed E-state index contributed by atoms with van der Waals surface area (Å²) in [5.41, 5.74) is 2.92. The summed E-state index contributed by atoms with van der Waals surface area (Å²) in [6, 6.07) is 9.23. The van der Waals surface area contributed by atoms with E-state index >= 15 is 0 Å². The van der Waals surface area contributed by atoms with Gasteiger partial charge in [-0.3, -0.25) is 4.68 Å². The Morgan fingerprint density at radius 1 is 1.10 bits per heavy atom. The number of hydrogen-bond acceptors (Lipinski definition) is 5. The van der Waals surface area contributed by atoms with Crippen LogP contribution in [-0.2, 0) is 7.05 Å². The molecule has 2 aromatic carbocycles. The minimum atomic E-state index is -0.375. The largest absolute Gasteiger partial charge is 0.317 e. The fraction of sp³-hybridized carbons (Fsp3) is 0.273. The molecule has 0 amide bonds. The van der Waals surface area contributed by atoms with E-state index in [0.717, 1.165) is 36.9 Å². The number of halogens is 1. The van der Waals surface area contributed by atoms with E-state index in [9.17, 15) is 9.65 Å². The third-order valence-electron chi connectivity index (χ3n) is 5.54. The van der Waals surface area contributed by atoms with Gasteiger partial charge >= 0.3 is 0 Å². The van der Waals surface area contributed by atoms with Gasteiger partial charge in [0.15, 0.2) is 0 Å². The molecule has 29 heavy (non-hydrogen) atoms. The molecule has 0 radical (unpaired) electrons. The molecule has 0 atom stereocenters. The molecule has 3 heterocycles. The summed E-state index contributed by atoms with van der Waals surface area (Å²) in [6.07, 6.45) is 5.49. The Bertz CT molecular complexity index is 1280. The summed E-state index contributed by atoms with van der Waals surface area (Å²) in [5, 5.41) is 18.7. The molecule has 6 nitrogen and oxygen atoms in total. The van der Waals surface area contributed by atoms with E-state index < -0.39 is 0 Å². The number of nitrogens with zero attached hydrogens (tertiary/aromatic N) is 5. The number of piperidine rings is 1. The van der Waals surface area contributed by atoms with Crippen LogP contribution < -0.4 is 5.32 Å². The van der Waals surface area contributed by atoms with Crippen molar-refractivity contribution >= 4 is 21.8 Å². The van der Waals surface area contributed by atoms with Crippen LogP contribution in [0.3, 0.4) is 0 Å². The number of benzene rings is 2. The SMILES string of the molecule is Cn1cc2cc(-c3cc(F)c4nc(C5CCNCC5)ncc4c3)cc(C#N)c2n1. The monoisotopic (exact) mass is 386 g/mol. The summed E-state index contributed by atoms with van der Waals surface area (Å²) in [4.78, 5) is 9.06. The van der Waals surface area contributed by atoms with E-state index in [-0.39, 0.29) is 11.7 Å². The maximum atomic E-state index is 15.0. The number of hydrogen-bond donors (Lipinski definition) is 1. The summed E-state index contributed by atoms with van der Waals surface area (Å²) < 4.78 is 16.7. The van der Waals surface area contributed by atoms with Crippen LogP contribution in [0.4, 0.5) is 4.39 Å². The van der Waals surface area contributed by atoms with Gasteiger partial charge in [0, 0.05) is 36.1 Å². The molecule has 7 heteroatoms. The first-order valence-corrected chi connectivity index (χ1v) is 9.67. The fourth-order valence-corrected chi connectivity index (χ4v) is 4.07. The van der Waals surface area contributed by atoms with Crippen LogP contribution in [0, 0.1) is 17.1 Å². The molecule has 0 aliphatic carbocycles. The molecule has 0 saturated carbocycles. The number of nitrogens with one attached hydrogen (secondary N) is 1. The van der Waals surface area contributed by atoms with E-state index in [0.29, 0.717) is 33.4 Å². The zero-order chi connectivity index (χ0) is 20.0. The van der Waals surface area contributed by atoms with Gasteiger partial charge in [0.25, 0.3) is 0 Å². The molecule has 2 aromatic heterocycles. The summed E-state index contributed by atoms with van der Waals surface area (Å²) in [7, 11) is 1.81. The Morgan fingerprint density at radius 3 is 2.66 bits per heavy atom. The average Bonchev–Trinajstić information content (AvgIpc) is 3.13. The second-order valence-electron chi connectivity index (χ2n) is 7.52. The highest BCUT2D eigenvalue weighted by Gasteiger charge is 2.19. The zero-order valence-electron chi connectivity index (χ0n) is 16.0. The second kappa shape index (κ2) is 6.90. The smallest absolute Gasteiger partial charge is 0.150 e. The highest BCUT2D eigenvalue weighted by atomic mass is 19.1. The van der Waals surface area contributed by atoms with Crippen molar-refractivity contribution in [1.82, 2.24) is 25.1 Å². The van der Waals surface area contributed by atoms with Crippen LogP contribution in [0.2, 0.25) is 0 Å². The molecule has 0 spiro atoms. The minimum absolute atomic E-state index is 0.269. The lowest BCUT2D eigenvalue weighted by Gasteiger charge is -2.21. The van der Waals surface area contributed by atoms with Gasteiger partial charge in [0.1, 0.15) is 28.7 Å². The lowest BCUT2D eigenvalue weighted by Crippen LogP contribution is -2.27. The molecule has 1 fully saturated rings. The molecular weight excluding hydrogens is 367 g/mol. The molecule has 1 N–H and O–H groups in total. The third kappa shape index (κ3) is 3.12. The first-order valence-electron chi connectivity index (χ1n) is 9.67. The Balaban J connectivity index is 1.61. The van der Waals surface area contributed by atoms with Gasteiger partial charge < -0.3 is 5.32 Å². The van der Waals surface area contributed by atoms with Crippen LogP contribution in [0.5, 0.6) is 0 Å². The molecule has 1 saturated heterocycles. The first kappa shape index (κ1) is 17.7. The number of aryl methyl sites for hydroxylation is 1. The fourth-order valence-electron chi connectivity index (χ4n) is 4.07. The van der Waals surface area contributed by atoms with Gasteiger partial charge in [-0.1, -0.05) is 0 Å². The van der Waals surface area contributed by atoms with Crippen molar-refractivity contribution < 1.29 is 4.39 Å². The molecule has 0 bridgehead atoms. The maximum Gasteiger partial charge on any atom is 0.150 e. The number of rotatable bonds is 2. The maximum absolute atomic E-state index is 15.0. The van der Waals surface area contributed by atoms with Crippen molar-refractivity contribution in [1.29, 1.82) is 5.26 Å². The van der Waals surface area contributed by atoms with Gasteiger partial charge in [-0.05, 0) is 61.3 Å². The second-order valence-corrected chi connectivity index (χ2v) is 7.52. The quantitative estimate of drug-likeness (QED) is 0.569. The van der Waals surface area contributed by atoms with Gasteiger partial charge in [-0.15, -0.1) is 0 Å².